The molecule has 0 spiro atoms. The molecule has 0 fully saturated rings. The maximum Gasteiger partial charge on any atom is 0.249 e. The first-order chi connectivity index (χ1) is 14.9. The highest BCUT2D eigenvalue weighted by Gasteiger charge is 2.24. The number of aromatic nitrogens is 1. The molecule has 2 amide bonds. The molecule has 2 atom stereocenters. The lowest BCUT2D eigenvalue weighted by Gasteiger charge is -2.19. The number of amides is 2. The van der Waals surface area contributed by atoms with Gasteiger partial charge in [-0.2, -0.15) is 0 Å². The summed E-state index contributed by atoms with van der Waals surface area (Å²) < 4.78 is 0. The van der Waals surface area contributed by atoms with Crippen LogP contribution >= 0.6 is 22.9 Å². The van der Waals surface area contributed by atoms with Crippen LogP contribution in [-0.2, 0) is 22.6 Å². The summed E-state index contributed by atoms with van der Waals surface area (Å²) in [5.41, 5.74) is 7.13. The number of benzene rings is 2. The monoisotopic (exact) mass is 458 g/mol. The summed E-state index contributed by atoms with van der Waals surface area (Å²) in [4.78, 5) is 30.1. The SMILES string of the molecule is Nc1ncc(CNC(=O)[C@@H](CNC(=O)[C@H](O)Cc2ccccc2)c2cccc(Cl)c2)s1. The summed E-state index contributed by atoms with van der Waals surface area (Å²) in [5, 5.41) is 16.7. The molecule has 1 aromatic heterocycles. The fourth-order valence-electron chi connectivity index (χ4n) is 3.04. The van der Waals surface area contributed by atoms with Gasteiger partial charge in [-0.05, 0) is 23.3 Å². The Morgan fingerprint density at radius 2 is 1.87 bits per heavy atom. The summed E-state index contributed by atoms with van der Waals surface area (Å²) in [6.07, 6.45) is 0.579. The lowest BCUT2D eigenvalue weighted by Crippen LogP contribution is -2.41. The highest BCUT2D eigenvalue weighted by atomic mass is 35.5. The number of hydrogen-bond acceptors (Lipinski definition) is 6. The Hall–Kier alpha value is -2.94. The maximum atomic E-state index is 12.9. The van der Waals surface area contributed by atoms with Gasteiger partial charge in [0, 0.05) is 29.1 Å². The van der Waals surface area contributed by atoms with Gasteiger partial charge >= 0.3 is 0 Å². The van der Waals surface area contributed by atoms with Crippen molar-refractivity contribution in [1.82, 2.24) is 15.6 Å². The zero-order valence-corrected chi connectivity index (χ0v) is 18.2. The van der Waals surface area contributed by atoms with Gasteiger partial charge in [0.05, 0.1) is 12.5 Å². The average Bonchev–Trinajstić information content (AvgIpc) is 3.18. The van der Waals surface area contributed by atoms with Crippen molar-refractivity contribution < 1.29 is 14.7 Å². The molecule has 0 aliphatic carbocycles. The number of halogens is 1. The van der Waals surface area contributed by atoms with Crippen LogP contribution in [0.25, 0.3) is 0 Å². The number of nitrogens with zero attached hydrogens (tertiary/aromatic N) is 1. The van der Waals surface area contributed by atoms with Gasteiger partial charge in [-0.25, -0.2) is 4.98 Å². The van der Waals surface area contributed by atoms with Crippen molar-refractivity contribution in [2.24, 2.45) is 0 Å². The standard InChI is InChI=1S/C22H23ClN4O3S/c23-16-8-4-7-15(10-16)18(20(29)25-11-17-12-27-22(24)31-17)13-26-21(30)19(28)9-14-5-2-1-3-6-14/h1-8,10,12,18-19,28H,9,11,13H2,(H2,24,27)(H,25,29)(H,26,30)/t18-,19+/m0/s1. The number of thiazole rings is 1. The van der Waals surface area contributed by atoms with Gasteiger partial charge in [-0.3, -0.25) is 9.59 Å². The van der Waals surface area contributed by atoms with Crippen LogP contribution in [0.4, 0.5) is 5.13 Å². The molecular formula is C22H23ClN4O3S. The predicted octanol–water partition coefficient (Wildman–Crippen LogP) is 2.50. The number of hydrogen-bond donors (Lipinski definition) is 4. The number of carbonyl (C=O) groups is 2. The fourth-order valence-corrected chi connectivity index (χ4v) is 3.86. The van der Waals surface area contributed by atoms with Gasteiger partial charge < -0.3 is 21.5 Å². The molecule has 0 aliphatic rings. The quantitative estimate of drug-likeness (QED) is 0.393. The molecule has 2 aromatic carbocycles. The Balaban J connectivity index is 1.64. The van der Waals surface area contributed by atoms with Crippen LogP contribution in [0, 0.1) is 0 Å². The van der Waals surface area contributed by atoms with E-state index in [0.717, 1.165) is 10.4 Å². The van der Waals surface area contributed by atoms with E-state index in [0.29, 0.717) is 15.7 Å². The smallest absolute Gasteiger partial charge is 0.249 e. The second-order valence-corrected chi connectivity index (χ2v) is 8.52. The summed E-state index contributed by atoms with van der Waals surface area (Å²) in [6.45, 7) is 0.289. The number of nitrogen functional groups attached to an aromatic ring is 1. The molecule has 162 valence electrons. The van der Waals surface area contributed by atoms with Crippen molar-refractivity contribution in [2.75, 3.05) is 12.3 Å². The van der Waals surface area contributed by atoms with Crippen LogP contribution in [0.15, 0.2) is 60.8 Å². The second kappa shape index (κ2) is 10.9. The largest absolute Gasteiger partial charge is 0.383 e. The minimum absolute atomic E-state index is 0.0156. The van der Waals surface area contributed by atoms with Crippen molar-refractivity contribution in [2.45, 2.75) is 25.0 Å². The van der Waals surface area contributed by atoms with E-state index in [9.17, 15) is 14.7 Å². The molecule has 0 radical (unpaired) electrons. The molecule has 0 saturated carbocycles. The van der Waals surface area contributed by atoms with Crippen LogP contribution in [0.3, 0.4) is 0 Å². The summed E-state index contributed by atoms with van der Waals surface area (Å²) in [5.74, 6) is -1.51. The van der Waals surface area contributed by atoms with E-state index < -0.39 is 17.9 Å². The fraction of sp³-hybridized carbons (Fsp3) is 0.227. The lowest BCUT2D eigenvalue weighted by molar-refractivity contribution is -0.129. The molecule has 1 heterocycles. The molecule has 7 nitrogen and oxygen atoms in total. The van der Waals surface area contributed by atoms with E-state index in [1.807, 2.05) is 30.3 Å². The molecule has 0 aliphatic heterocycles. The van der Waals surface area contributed by atoms with E-state index in [1.165, 1.54) is 11.3 Å². The Morgan fingerprint density at radius 1 is 1.10 bits per heavy atom. The topological polar surface area (TPSA) is 117 Å². The number of aliphatic hydroxyl groups is 1. The first kappa shape index (κ1) is 22.7. The number of nitrogens with one attached hydrogen (secondary N) is 2. The van der Waals surface area contributed by atoms with Crippen LogP contribution in [0.1, 0.15) is 21.9 Å². The molecule has 5 N–H and O–H groups in total. The van der Waals surface area contributed by atoms with Crippen LogP contribution < -0.4 is 16.4 Å². The van der Waals surface area contributed by atoms with Gasteiger partial charge in [-0.1, -0.05) is 54.1 Å². The molecule has 3 aromatic rings. The van der Waals surface area contributed by atoms with E-state index in [4.69, 9.17) is 17.3 Å². The Bertz CT molecular complexity index is 1030. The number of rotatable bonds is 9. The Morgan fingerprint density at radius 3 is 2.55 bits per heavy atom. The second-order valence-electron chi connectivity index (χ2n) is 6.94. The van der Waals surface area contributed by atoms with Crippen LogP contribution in [0.2, 0.25) is 5.02 Å². The van der Waals surface area contributed by atoms with Crippen molar-refractivity contribution in [3.05, 3.63) is 81.8 Å². The molecule has 0 unspecified atom stereocenters. The number of carbonyl (C=O) groups excluding carboxylic acids is 2. The summed E-state index contributed by atoms with van der Waals surface area (Å²) >= 11 is 7.38. The zero-order valence-electron chi connectivity index (χ0n) is 16.6. The summed E-state index contributed by atoms with van der Waals surface area (Å²) in [7, 11) is 0. The molecular weight excluding hydrogens is 436 g/mol. The Labute approximate surface area is 189 Å². The molecule has 0 saturated heterocycles. The van der Waals surface area contributed by atoms with Gasteiger partial charge in [-0.15, -0.1) is 11.3 Å². The van der Waals surface area contributed by atoms with Gasteiger partial charge in [0.1, 0.15) is 6.10 Å². The van der Waals surface area contributed by atoms with E-state index in [2.05, 4.69) is 15.6 Å². The Kier molecular flexibility index (Phi) is 8.00. The average molecular weight is 459 g/mol. The first-order valence-corrected chi connectivity index (χ1v) is 10.8. The maximum absolute atomic E-state index is 12.9. The zero-order chi connectivity index (χ0) is 22.2. The van der Waals surface area contributed by atoms with Gasteiger partial charge in [0.2, 0.25) is 11.8 Å². The van der Waals surface area contributed by atoms with Gasteiger partial charge in [0.15, 0.2) is 5.13 Å². The molecule has 31 heavy (non-hydrogen) atoms. The first-order valence-electron chi connectivity index (χ1n) is 9.65. The molecule has 0 bridgehead atoms. The lowest BCUT2D eigenvalue weighted by atomic mass is 9.97. The number of anilines is 1. The van der Waals surface area contributed by atoms with E-state index in [-0.39, 0.29) is 25.4 Å². The van der Waals surface area contributed by atoms with Crippen molar-refractivity contribution in [3.8, 4) is 0 Å². The minimum atomic E-state index is -1.22. The van der Waals surface area contributed by atoms with Crippen molar-refractivity contribution >= 4 is 39.9 Å². The third-order valence-corrected chi connectivity index (χ3v) is 5.69. The van der Waals surface area contributed by atoms with Crippen molar-refractivity contribution in [1.29, 1.82) is 0 Å². The third kappa shape index (κ3) is 6.78. The van der Waals surface area contributed by atoms with Gasteiger partial charge in [0.25, 0.3) is 0 Å². The highest BCUT2D eigenvalue weighted by molar-refractivity contribution is 7.15. The normalized spacial score (nSPS) is 12.7. The van der Waals surface area contributed by atoms with Crippen molar-refractivity contribution in [3.63, 3.8) is 0 Å². The number of nitrogens with two attached hydrogens (primary N) is 1. The van der Waals surface area contributed by atoms with E-state index in [1.54, 1.807) is 30.5 Å². The highest BCUT2D eigenvalue weighted by Crippen LogP contribution is 2.21. The van der Waals surface area contributed by atoms with Crippen LogP contribution in [0.5, 0.6) is 0 Å². The van der Waals surface area contributed by atoms with E-state index >= 15 is 0 Å². The summed E-state index contributed by atoms with van der Waals surface area (Å²) in [6, 6.07) is 16.1. The van der Waals surface area contributed by atoms with Crippen LogP contribution in [-0.4, -0.2) is 34.6 Å². The molecule has 9 heteroatoms. The molecule has 3 rings (SSSR count). The predicted molar refractivity (Wildman–Crippen MR) is 122 cm³/mol. The minimum Gasteiger partial charge on any atom is -0.383 e. The third-order valence-electron chi connectivity index (χ3n) is 4.63. The number of aliphatic hydroxyl groups excluding tert-OH is 1.